The van der Waals surface area contributed by atoms with E-state index in [0.29, 0.717) is 5.82 Å². The van der Waals surface area contributed by atoms with Crippen molar-refractivity contribution in [3.05, 3.63) is 29.6 Å². The summed E-state index contributed by atoms with van der Waals surface area (Å²) in [6, 6.07) is 5.65. The highest BCUT2D eigenvalue weighted by atomic mass is 35.5. The molecule has 7 heteroatoms. The minimum Gasteiger partial charge on any atom is -0.326 e. The molecule has 20 heavy (non-hydrogen) atoms. The van der Waals surface area contributed by atoms with E-state index in [1.807, 2.05) is 25.1 Å². The maximum absolute atomic E-state index is 12.2. The summed E-state index contributed by atoms with van der Waals surface area (Å²) in [4.78, 5) is 4.47. The van der Waals surface area contributed by atoms with Gasteiger partial charge >= 0.3 is 5.51 Å². The van der Waals surface area contributed by atoms with Gasteiger partial charge in [0.05, 0.1) is 16.4 Å². The van der Waals surface area contributed by atoms with Gasteiger partial charge in [0.25, 0.3) is 0 Å². The number of rotatable bonds is 4. The van der Waals surface area contributed by atoms with Crippen LogP contribution >= 0.6 is 23.4 Å². The third kappa shape index (κ3) is 3.41. The van der Waals surface area contributed by atoms with Gasteiger partial charge in [-0.25, -0.2) is 4.98 Å². The third-order valence-corrected chi connectivity index (χ3v) is 3.86. The van der Waals surface area contributed by atoms with Crippen molar-refractivity contribution in [1.82, 2.24) is 9.55 Å². The Kier molecular flexibility index (Phi) is 4.54. The van der Waals surface area contributed by atoms with Crippen molar-refractivity contribution < 1.29 is 13.2 Å². The Balaban J connectivity index is 2.34. The number of nitrogens with zero attached hydrogens (tertiary/aromatic N) is 2. The largest absolute Gasteiger partial charge is 0.441 e. The zero-order valence-corrected chi connectivity index (χ0v) is 12.6. The topological polar surface area (TPSA) is 17.8 Å². The lowest BCUT2D eigenvalue weighted by molar-refractivity contribution is -0.0328. The van der Waals surface area contributed by atoms with E-state index in [2.05, 4.69) is 4.98 Å². The smallest absolute Gasteiger partial charge is 0.326 e. The number of aryl methyl sites for hydroxylation is 2. The lowest BCUT2D eigenvalue weighted by Crippen LogP contribution is -2.10. The summed E-state index contributed by atoms with van der Waals surface area (Å²) < 4.78 is 38.5. The molecule has 0 spiro atoms. The molecule has 0 N–H and O–H groups in total. The molecular weight excluding hydrogens is 309 g/mol. The fraction of sp³-hybridized carbons (Fsp3) is 0.462. The summed E-state index contributed by atoms with van der Waals surface area (Å²) >= 11 is 6.06. The number of hydrogen-bond donors (Lipinski definition) is 0. The third-order valence-electron chi connectivity index (χ3n) is 2.95. The van der Waals surface area contributed by atoms with Gasteiger partial charge in [-0.3, -0.25) is 0 Å². The second kappa shape index (κ2) is 5.85. The van der Waals surface area contributed by atoms with Gasteiger partial charge in [0.15, 0.2) is 0 Å². The Hall–Kier alpha value is -0.880. The van der Waals surface area contributed by atoms with Crippen LogP contribution in [0.15, 0.2) is 18.2 Å². The van der Waals surface area contributed by atoms with Crippen LogP contribution in [0.25, 0.3) is 11.0 Å². The molecule has 0 radical (unpaired) electrons. The standard InChI is InChI=1S/C13H14ClF3N2S/c1-8-4-3-5-10-11(8)18-12(9(2)14)19(10)6-7-20-13(15,16)17/h3-5,9H,6-7H2,1-2H3. The second-order valence-electron chi connectivity index (χ2n) is 4.47. The van der Waals surface area contributed by atoms with Crippen molar-refractivity contribution >= 4 is 34.4 Å². The van der Waals surface area contributed by atoms with E-state index < -0.39 is 5.51 Å². The predicted octanol–water partition coefficient (Wildman–Crippen LogP) is 4.90. The summed E-state index contributed by atoms with van der Waals surface area (Å²) in [5, 5.41) is -0.349. The first kappa shape index (κ1) is 15.5. The molecule has 1 atom stereocenters. The van der Waals surface area contributed by atoms with E-state index in [9.17, 15) is 13.2 Å². The highest BCUT2D eigenvalue weighted by Gasteiger charge is 2.28. The summed E-state index contributed by atoms with van der Waals surface area (Å²) in [6.45, 7) is 3.93. The second-order valence-corrected chi connectivity index (χ2v) is 6.29. The summed E-state index contributed by atoms with van der Waals surface area (Å²) in [6.07, 6.45) is 0. The van der Waals surface area contributed by atoms with E-state index in [1.165, 1.54) is 0 Å². The van der Waals surface area contributed by atoms with Gasteiger partial charge in [0.1, 0.15) is 5.82 Å². The van der Waals surface area contributed by atoms with Gasteiger partial charge in [-0.1, -0.05) is 12.1 Å². The van der Waals surface area contributed by atoms with Crippen molar-refractivity contribution in [2.75, 3.05) is 5.75 Å². The van der Waals surface area contributed by atoms with Crippen molar-refractivity contribution in [2.45, 2.75) is 31.3 Å². The SMILES string of the molecule is Cc1cccc2c1nc(C(C)Cl)n2CCSC(F)(F)F. The van der Waals surface area contributed by atoms with E-state index >= 15 is 0 Å². The quantitative estimate of drug-likeness (QED) is 0.745. The number of alkyl halides is 4. The van der Waals surface area contributed by atoms with Gasteiger partial charge in [-0.05, 0) is 37.2 Å². The summed E-state index contributed by atoms with van der Waals surface area (Å²) in [5.41, 5.74) is -1.59. The number of para-hydroxylation sites is 1. The molecular formula is C13H14ClF3N2S. The Bertz CT molecular complexity index is 607. The van der Waals surface area contributed by atoms with Gasteiger partial charge in [-0.2, -0.15) is 13.2 Å². The number of hydrogen-bond acceptors (Lipinski definition) is 2. The summed E-state index contributed by atoms with van der Waals surface area (Å²) in [7, 11) is 0. The monoisotopic (exact) mass is 322 g/mol. The number of aromatic nitrogens is 2. The van der Waals surface area contributed by atoms with Crippen molar-refractivity contribution in [3.8, 4) is 0 Å². The molecule has 1 unspecified atom stereocenters. The molecule has 0 bridgehead atoms. The van der Waals surface area contributed by atoms with Crippen LogP contribution < -0.4 is 0 Å². The average molecular weight is 323 g/mol. The zero-order chi connectivity index (χ0) is 14.9. The molecule has 1 heterocycles. The molecule has 0 amide bonds. The number of fused-ring (bicyclic) bond motifs is 1. The lowest BCUT2D eigenvalue weighted by Gasteiger charge is -2.11. The van der Waals surface area contributed by atoms with E-state index in [1.54, 1.807) is 11.5 Å². The Morgan fingerprint density at radius 2 is 2.10 bits per heavy atom. The fourth-order valence-electron chi connectivity index (χ4n) is 2.10. The van der Waals surface area contributed by atoms with Crippen LogP contribution in [0.2, 0.25) is 0 Å². The molecule has 2 nitrogen and oxygen atoms in total. The first-order valence-electron chi connectivity index (χ1n) is 6.10. The van der Waals surface area contributed by atoms with Crippen LogP contribution in [0, 0.1) is 6.92 Å². The lowest BCUT2D eigenvalue weighted by atomic mass is 10.2. The van der Waals surface area contributed by atoms with E-state index in [0.717, 1.165) is 16.6 Å². The first-order valence-corrected chi connectivity index (χ1v) is 7.52. The van der Waals surface area contributed by atoms with Crippen LogP contribution in [0.4, 0.5) is 13.2 Å². The van der Waals surface area contributed by atoms with Crippen LogP contribution in [0.5, 0.6) is 0 Å². The van der Waals surface area contributed by atoms with E-state index in [4.69, 9.17) is 11.6 Å². The minimum absolute atomic E-state index is 0.0267. The molecule has 0 saturated carbocycles. The summed E-state index contributed by atoms with van der Waals surface area (Å²) in [5.74, 6) is 0.554. The van der Waals surface area contributed by atoms with E-state index in [-0.39, 0.29) is 29.4 Å². The highest BCUT2D eigenvalue weighted by Crippen LogP contribution is 2.31. The molecule has 2 rings (SSSR count). The number of halogens is 4. The molecule has 1 aromatic carbocycles. The minimum atomic E-state index is -4.21. The molecule has 0 saturated heterocycles. The molecule has 110 valence electrons. The molecule has 0 aliphatic heterocycles. The molecule has 0 aliphatic carbocycles. The molecule has 2 aromatic rings. The highest BCUT2D eigenvalue weighted by molar-refractivity contribution is 8.00. The van der Waals surface area contributed by atoms with Gasteiger partial charge < -0.3 is 4.57 Å². The fourth-order valence-corrected chi connectivity index (χ4v) is 2.77. The molecule has 1 aromatic heterocycles. The van der Waals surface area contributed by atoms with Gasteiger partial charge in [-0.15, -0.1) is 11.6 Å². The van der Waals surface area contributed by atoms with Gasteiger partial charge in [0.2, 0.25) is 0 Å². The number of benzene rings is 1. The van der Waals surface area contributed by atoms with Gasteiger partial charge in [0, 0.05) is 12.3 Å². The number of thioether (sulfide) groups is 1. The average Bonchev–Trinajstić information content (AvgIpc) is 2.68. The molecule has 0 fully saturated rings. The van der Waals surface area contributed by atoms with Crippen LogP contribution in [0.1, 0.15) is 23.7 Å². The number of imidazole rings is 1. The predicted molar refractivity (Wildman–Crippen MR) is 77.3 cm³/mol. The first-order chi connectivity index (χ1) is 9.29. The van der Waals surface area contributed by atoms with Crippen LogP contribution in [0.3, 0.4) is 0 Å². The van der Waals surface area contributed by atoms with Crippen LogP contribution in [-0.4, -0.2) is 20.8 Å². The normalized spacial score (nSPS) is 13.9. The van der Waals surface area contributed by atoms with Crippen molar-refractivity contribution in [2.24, 2.45) is 0 Å². The van der Waals surface area contributed by atoms with Crippen LogP contribution in [-0.2, 0) is 6.54 Å². The van der Waals surface area contributed by atoms with Crippen molar-refractivity contribution in [1.29, 1.82) is 0 Å². The maximum Gasteiger partial charge on any atom is 0.441 e. The Morgan fingerprint density at radius 1 is 1.40 bits per heavy atom. The van der Waals surface area contributed by atoms with Crippen molar-refractivity contribution in [3.63, 3.8) is 0 Å². The Morgan fingerprint density at radius 3 is 2.70 bits per heavy atom. The Labute approximate surface area is 124 Å². The maximum atomic E-state index is 12.2. The zero-order valence-electron chi connectivity index (χ0n) is 11.0. The molecule has 0 aliphatic rings.